The fourth-order valence-corrected chi connectivity index (χ4v) is 2.93. The van der Waals surface area contributed by atoms with E-state index in [9.17, 15) is 4.79 Å². The molecule has 0 aliphatic heterocycles. The Balaban J connectivity index is 1.82. The summed E-state index contributed by atoms with van der Waals surface area (Å²) in [5, 5.41) is 12.6. The average molecular weight is 489 g/mol. The Morgan fingerprint density at radius 1 is 0.914 bits per heavy atom. The van der Waals surface area contributed by atoms with Gasteiger partial charge in [0.2, 0.25) is 17.8 Å². The second-order valence-electron chi connectivity index (χ2n) is 8.21. The molecule has 194 valence electrons. The molecule has 0 radical (unpaired) electrons. The number of unbranched alkanes of at least 4 members (excludes halogenated alkanes) is 1. The average Bonchev–Trinajstić information content (AvgIpc) is 2.84. The summed E-state index contributed by atoms with van der Waals surface area (Å²) in [6, 6.07) is 7.61. The zero-order valence-electron chi connectivity index (χ0n) is 21.1. The number of nitrogens with two attached hydrogens (primary N) is 1. The summed E-state index contributed by atoms with van der Waals surface area (Å²) in [6.45, 7) is 10.4. The highest BCUT2D eigenvalue weighted by atomic mass is 16.5. The maximum absolute atomic E-state index is 12.3. The number of anilines is 3. The van der Waals surface area contributed by atoms with Crippen LogP contribution in [0, 0.1) is 0 Å². The van der Waals surface area contributed by atoms with Gasteiger partial charge in [0.25, 0.3) is 5.91 Å². The molecule has 2 rings (SSSR count). The molecule has 0 unspecified atom stereocenters. The number of hydrogen-bond donors (Lipinski definition) is 5. The van der Waals surface area contributed by atoms with Gasteiger partial charge in [0, 0.05) is 37.8 Å². The first-order valence-corrected chi connectivity index (χ1v) is 12.2. The quantitative estimate of drug-likeness (QED) is 0.198. The number of carbonyl (C=O) groups excluding carboxylic acids is 1. The highest BCUT2D eigenvalue weighted by molar-refractivity contribution is 5.94. The van der Waals surface area contributed by atoms with Gasteiger partial charge in [-0.15, -0.1) is 0 Å². The van der Waals surface area contributed by atoms with Crippen LogP contribution < -0.4 is 27.0 Å². The third kappa shape index (κ3) is 11.8. The van der Waals surface area contributed by atoms with Crippen molar-refractivity contribution < 1.29 is 14.3 Å². The molecule has 0 spiro atoms. The van der Waals surface area contributed by atoms with E-state index >= 15 is 0 Å². The summed E-state index contributed by atoms with van der Waals surface area (Å²) >= 11 is 0. The molecule has 1 heterocycles. The maximum Gasteiger partial charge on any atom is 0.251 e. The lowest BCUT2D eigenvalue weighted by molar-refractivity contribution is 0.0511. The normalized spacial score (nSPS) is 10.9. The molecule has 1 amide bonds. The third-order valence-electron chi connectivity index (χ3n) is 4.70. The van der Waals surface area contributed by atoms with Crippen molar-refractivity contribution in [1.29, 1.82) is 0 Å². The predicted molar refractivity (Wildman–Crippen MR) is 139 cm³/mol. The topological polar surface area (TPSA) is 148 Å². The number of hydrogen-bond acceptors (Lipinski definition) is 10. The van der Waals surface area contributed by atoms with E-state index in [2.05, 4.69) is 43.1 Å². The van der Waals surface area contributed by atoms with Crippen molar-refractivity contribution in [2.75, 3.05) is 62.0 Å². The van der Waals surface area contributed by atoms with Crippen LogP contribution in [0.25, 0.3) is 0 Å². The van der Waals surface area contributed by atoms with E-state index in [1.54, 1.807) is 12.1 Å². The predicted octanol–water partition coefficient (Wildman–Crippen LogP) is 2.24. The molecule has 0 fully saturated rings. The second kappa shape index (κ2) is 16.6. The van der Waals surface area contributed by atoms with Crippen molar-refractivity contribution in [3.63, 3.8) is 0 Å². The molecule has 6 N–H and O–H groups in total. The minimum absolute atomic E-state index is 0.142. The second-order valence-corrected chi connectivity index (χ2v) is 8.21. The van der Waals surface area contributed by atoms with Gasteiger partial charge in [-0.3, -0.25) is 4.79 Å². The monoisotopic (exact) mass is 488 g/mol. The van der Waals surface area contributed by atoms with E-state index < -0.39 is 0 Å². The Morgan fingerprint density at radius 3 is 2.23 bits per heavy atom. The van der Waals surface area contributed by atoms with Gasteiger partial charge in [0.05, 0.1) is 26.4 Å². The molecule has 0 aliphatic carbocycles. The number of ether oxygens (including phenoxy) is 2. The fraction of sp³-hybridized carbons (Fsp3) is 0.583. The molecule has 2 aromatic rings. The van der Waals surface area contributed by atoms with Crippen LogP contribution >= 0.6 is 0 Å². The first kappa shape index (κ1) is 28.2. The molecule has 0 bridgehead atoms. The smallest absolute Gasteiger partial charge is 0.251 e. The Hall–Kier alpha value is -3.02. The molecular formula is C24H40N8O3. The highest BCUT2D eigenvalue weighted by Gasteiger charge is 2.09. The first-order valence-electron chi connectivity index (χ1n) is 12.2. The summed E-state index contributed by atoms with van der Waals surface area (Å²) in [7, 11) is 0. The van der Waals surface area contributed by atoms with Crippen molar-refractivity contribution >= 4 is 23.8 Å². The summed E-state index contributed by atoms with van der Waals surface area (Å²) < 4.78 is 10.6. The number of aromatic nitrogens is 3. The van der Waals surface area contributed by atoms with Gasteiger partial charge in [-0.1, -0.05) is 25.5 Å². The van der Waals surface area contributed by atoms with Crippen LogP contribution in [0.15, 0.2) is 24.3 Å². The Bertz CT molecular complexity index is 864. The number of nitrogens with zero attached hydrogens (tertiary/aromatic N) is 3. The number of amides is 1. The lowest BCUT2D eigenvalue weighted by atomic mass is 10.1. The van der Waals surface area contributed by atoms with E-state index in [-0.39, 0.29) is 11.9 Å². The van der Waals surface area contributed by atoms with Crippen molar-refractivity contribution in [3.05, 3.63) is 35.4 Å². The molecule has 11 heteroatoms. The summed E-state index contributed by atoms with van der Waals surface area (Å²) in [4.78, 5) is 25.7. The number of benzene rings is 1. The standard InChI is InChI=1S/C24H40N8O3/c1-4-5-11-27-22-30-23(32-24(31-22)29-18(2)3)28-17-19-6-8-20(9-7-19)21(33)26-12-14-35-16-15-34-13-10-25/h6-9,18H,4-5,10-17,25H2,1-3H3,(H,26,33)(H3,27,28,29,30,31,32). The van der Waals surface area contributed by atoms with Crippen molar-refractivity contribution in [3.8, 4) is 0 Å². The number of nitrogens with one attached hydrogen (secondary N) is 4. The Morgan fingerprint density at radius 2 is 1.57 bits per heavy atom. The fourth-order valence-electron chi connectivity index (χ4n) is 2.93. The first-order chi connectivity index (χ1) is 17.0. The van der Waals surface area contributed by atoms with Crippen molar-refractivity contribution in [1.82, 2.24) is 20.3 Å². The summed E-state index contributed by atoms with van der Waals surface area (Å²) in [5.74, 6) is 1.41. The van der Waals surface area contributed by atoms with Crippen LogP contribution in [-0.4, -0.2) is 73.0 Å². The van der Waals surface area contributed by atoms with Crippen LogP contribution in [-0.2, 0) is 16.0 Å². The van der Waals surface area contributed by atoms with Crippen LogP contribution in [0.1, 0.15) is 49.5 Å². The van der Waals surface area contributed by atoms with Crippen molar-refractivity contribution in [2.24, 2.45) is 5.73 Å². The van der Waals surface area contributed by atoms with Crippen molar-refractivity contribution in [2.45, 2.75) is 46.2 Å². The molecule has 35 heavy (non-hydrogen) atoms. The zero-order valence-corrected chi connectivity index (χ0v) is 21.1. The van der Waals surface area contributed by atoms with Crippen LogP contribution in [0.3, 0.4) is 0 Å². The van der Waals surface area contributed by atoms with E-state index in [4.69, 9.17) is 15.2 Å². The lowest BCUT2D eigenvalue weighted by Gasteiger charge is -2.13. The zero-order chi connectivity index (χ0) is 25.3. The van der Waals surface area contributed by atoms with E-state index in [0.717, 1.165) is 24.9 Å². The molecule has 0 saturated heterocycles. The van der Waals surface area contributed by atoms with Gasteiger partial charge in [-0.2, -0.15) is 15.0 Å². The third-order valence-corrected chi connectivity index (χ3v) is 4.70. The van der Waals surface area contributed by atoms with Gasteiger partial charge in [0.1, 0.15) is 0 Å². The molecule has 0 atom stereocenters. The summed E-state index contributed by atoms with van der Waals surface area (Å²) in [5.41, 5.74) is 6.94. The molecule has 1 aromatic heterocycles. The SMILES string of the molecule is CCCCNc1nc(NCc2ccc(C(=O)NCCOCCOCCN)cc2)nc(NC(C)C)n1. The molecule has 0 saturated carbocycles. The van der Waals surface area contributed by atoms with Crippen LogP contribution in [0.5, 0.6) is 0 Å². The maximum atomic E-state index is 12.3. The minimum Gasteiger partial charge on any atom is -0.378 e. The highest BCUT2D eigenvalue weighted by Crippen LogP contribution is 2.12. The lowest BCUT2D eigenvalue weighted by Crippen LogP contribution is -2.27. The minimum atomic E-state index is -0.142. The van der Waals surface area contributed by atoms with Gasteiger partial charge < -0.3 is 36.5 Å². The molecular weight excluding hydrogens is 448 g/mol. The summed E-state index contributed by atoms with van der Waals surface area (Å²) in [6.07, 6.45) is 2.13. The van der Waals surface area contributed by atoms with Crippen LogP contribution in [0.4, 0.5) is 17.8 Å². The Labute approximate surface area is 208 Å². The molecule has 1 aromatic carbocycles. The van der Waals surface area contributed by atoms with Gasteiger partial charge in [-0.05, 0) is 38.0 Å². The molecule has 11 nitrogen and oxygen atoms in total. The number of rotatable bonds is 18. The van der Waals surface area contributed by atoms with E-state index in [1.165, 1.54) is 0 Å². The Kier molecular flexibility index (Phi) is 13.4. The van der Waals surface area contributed by atoms with Crippen LogP contribution in [0.2, 0.25) is 0 Å². The molecule has 0 aliphatic rings. The van der Waals surface area contributed by atoms with E-state index in [1.807, 2.05) is 26.0 Å². The largest absolute Gasteiger partial charge is 0.378 e. The van der Waals surface area contributed by atoms with Gasteiger partial charge >= 0.3 is 0 Å². The van der Waals surface area contributed by atoms with Gasteiger partial charge in [-0.25, -0.2) is 0 Å². The van der Waals surface area contributed by atoms with E-state index in [0.29, 0.717) is 69.5 Å². The van der Waals surface area contributed by atoms with Gasteiger partial charge in [0.15, 0.2) is 0 Å². The number of carbonyl (C=O) groups is 1.